The highest BCUT2D eigenvalue weighted by Gasteiger charge is 2.22. The molecule has 1 aliphatic rings. The number of carbonyl (C=O) groups is 2. The molecule has 1 N–H and O–H groups in total. The first-order chi connectivity index (χ1) is 15.3. The van der Waals surface area contributed by atoms with Gasteiger partial charge in [0.15, 0.2) is 17.4 Å². The zero-order chi connectivity index (χ0) is 22.8. The van der Waals surface area contributed by atoms with E-state index in [0.717, 1.165) is 37.6 Å². The van der Waals surface area contributed by atoms with Crippen molar-refractivity contribution in [1.82, 2.24) is 14.9 Å². The van der Waals surface area contributed by atoms with Crippen LogP contribution >= 0.6 is 23.2 Å². The maximum absolute atomic E-state index is 14.3. The molecule has 0 atom stereocenters. The summed E-state index contributed by atoms with van der Waals surface area (Å²) < 4.78 is 14.3. The number of Topliss-reactive ketones (excluding diaryl/α,β-unsaturated/α-hetero) is 1. The summed E-state index contributed by atoms with van der Waals surface area (Å²) in [5.41, 5.74) is 0.891. The molecule has 0 bridgehead atoms. The summed E-state index contributed by atoms with van der Waals surface area (Å²) in [6, 6.07) is 7.77. The number of rotatable bonds is 6. The van der Waals surface area contributed by atoms with E-state index >= 15 is 0 Å². The van der Waals surface area contributed by atoms with Gasteiger partial charge in [0, 0.05) is 50.6 Å². The molecule has 3 heterocycles. The molecule has 1 aliphatic heterocycles. The Morgan fingerprint density at radius 2 is 1.81 bits per heavy atom. The van der Waals surface area contributed by atoms with Crippen molar-refractivity contribution in [3.05, 3.63) is 81.0 Å². The number of anilines is 1. The predicted molar refractivity (Wildman–Crippen MR) is 123 cm³/mol. The van der Waals surface area contributed by atoms with E-state index < -0.39 is 11.6 Å². The van der Waals surface area contributed by atoms with Crippen LogP contribution in [0.1, 0.15) is 32.0 Å². The van der Waals surface area contributed by atoms with Crippen molar-refractivity contribution in [2.24, 2.45) is 0 Å². The maximum Gasteiger partial charge on any atom is 0.199 e. The van der Waals surface area contributed by atoms with Gasteiger partial charge in [0.2, 0.25) is 0 Å². The molecule has 2 aromatic heterocycles. The fourth-order valence-electron chi connectivity index (χ4n) is 3.63. The minimum Gasteiger partial charge on any atom is -0.358 e. The van der Waals surface area contributed by atoms with E-state index in [2.05, 4.69) is 26.8 Å². The van der Waals surface area contributed by atoms with Crippen molar-refractivity contribution in [1.29, 1.82) is 0 Å². The second kappa shape index (κ2) is 9.40. The summed E-state index contributed by atoms with van der Waals surface area (Å²) in [6.07, 6.45) is 3.21. The van der Waals surface area contributed by atoms with Gasteiger partial charge in [-0.15, -0.1) is 0 Å². The Kier molecular flexibility index (Phi) is 6.60. The van der Waals surface area contributed by atoms with Crippen molar-refractivity contribution in [3.8, 4) is 0 Å². The van der Waals surface area contributed by atoms with Gasteiger partial charge in [0.25, 0.3) is 0 Å². The minimum atomic E-state index is -0.883. The lowest BCUT2D eigenvalue weighted by atomic mass is 10.0. The molecule has 1 saturated heterocycles. The van der Waals surface area contributed by atoms with Gasteiger partial charge in [-0.05, 0) is 42.9 Å². The van der Waals surface area contributed by atoms with Gasteiger partial charge in [0.05, 0.1) is 21.3 Å². The van der Waals surface area contributed by atoms with Gasteiger partial charge < -0.3 is 14.8 Å². The summed E-state index contributed by atoms with van der Waals surface area (Å²) in [7, 11) is 2.09. The van der Waals surface area contributed by atoms with E-state index in [1.165, 1.54) is 24.4 Å². The summed E-state index contributed by atoms with van der Waals surface area (Å²) in [5, 5.41) is -0.238. The summed E-state index contributed by atoms with van der Waals surface area (Å²) in [6.45, 7) is 3.68. The van der Waals surface area contributed by atoms with Crippen molar-refractivity contribution < 1.29 is 14.0 Å². The van der Waals surface area contributed by atoms with E-state index in [1.807, 2.05) is 6.07 Å². The minimum absolute atomic E-state index is 0.0424. The Hall–Kier alpha value is -2.74. The van der Waals surface area contributed by atoms with Crippen LogP contribution in [0.25, 0.3) is 0 Å². The highest BCUT2D eigenvalue weighted by Crippen LogP contribution is 2.28. The predicted octanol–water partition coefficient (Wildman–Crippen LogP) is 4.26. The smallest absolute Gasteiger partial charge is 0.199 e. The Balaban J connectivity index is 1.49. The molecular weight excluding hydrogens is 454 g/mol. The van der Waals surface area contributed by atoms with Crippen LogP contribution in [-0.4, -0.2) is 59.7 Å². The van der Waals surface area contributed by atoms with E-state index in [1.54, 1.807) is 12.3 Å². The lowest BCUT2D eigenvalue weighted by Gasteiger charge is -2.33. The van der Waals surface area contributed by atoms with Crippen LogP contribution in [-0.2, 0) is 6.42 Å². The molecule has 166 valence electrons. The largest absolute Gasteiger partial charge is 0.358 e. The number of carbonyl (C=O) groups excluding carboxylic acids is 2. The molecule has 0 radical (unpaired) electrons. The van der Waals surface area contributed by atoms with Crippen LogP contribution in [0.15, 0.2) is 42.7 Å². The highest BCUT2D eigenvalue weighted by atomic mass is 35.5. The van der Waals surface area contributed by atoms with E-state index in [-0.39, 0.29) is 39.1 Å². The second-order valence-electron chi connectivity index (χ2n) is 7.76. The highest BCUT2D eigenvalue weighted by molar-refractivity contribution is 6.37. The third-order valence-electron chi connectivity index (χ3n) is 5.52. The number of hydrogen-bond acceptors (Lipinski definition) is 5. The van der Waals surface area contributed by atoms with Crippen molar-refractivity contribution in [3.63, 3.8) is 0 Å². The molecule has 0 amide bonds. The topological polar surface area (TPSA) is 69.3 Å². The summed E-state index contributed by atoms with van der Waals surface area (Å²) in [4.78, 5) is 37.3. The first-order valence-corrected chi connectivity index (χ1v) is 10.9. The number of piperazine rings is 1. The average Bonchev–Trinajstić information content (AvgIpc) is 3.28. The second-order valence-corrected chi connectivity index (χ2v) is 8.58. The Labute approximate surface area is 195 Å². The Morgan fingerprint density at radius 3 is 2.56 bits per heavy atom. The zero-order valence-electron chi connectivity index (χ0n) is 17.4. The molecule has 1 fully saturated rings. The van der Waals surface area contributed by atoms with Gasteiger partial charge in [-0.1, -0.05) is 23.2 Å². The van der Waals surface area contributed by atoms with Crippen LogP contribution in [0.5, 0.6) is 0 Å². The number of hydrogen-bond donors (Lipinski definition) is 1. The number of nitrogens with zero attached hydrogens (tertiary/aromatic N) is 3. The van der Waals surface area contributed by atoms with Gasteiger partial charge in [-0.3, -0.25) is 9.59 Å². The zero-order valence-corrected chi connectivity index (χ0v) is 18.9. The number of H-pyrrole nitrogens is 1. The lowest BCUT2D eigenvalue weighted by molar-refractivity contribution is 0.0988. The van der Waals surface area contributed by atoms with Crippen LogP contribution in [0, 0.1) is 5.82 Å². The van der Waals surface area contributed by atoms with Crippen LogP contribution in [0.2, 0.25) is 10.0 Å². The number of pyridine rings is 1. The third-order valence-corrected chi connectivity index (χ3v) is 6.13. The van der Waals surface area contributed by atoms with Crippen LogP contribution < -0.4 is 4.90 Å². The number of nitrogens with one attached hydrogen (secondary N) is 1. The lowest BCUT2D eigenvalue weighted by Crippen LogP contribution is -2.44. The Bertz CT molecular complexity index is 1170. The van der Waals surface area contributed by atoms with Crippen molar-refractivity contribution in [2.45, 2.75) is 6.42 Å². The number of aromatic nitrogens is 2. The number of ketones is 2. The number of likely N-dealkylation sites (N-methyl/N-ethyl adjacent to an activating group) is 1. The SMILES string of the molecule is CN1CCN(c2cc(CC(=O)c3cc(C(=O)c4c(Cl)ccc(Cl)c4F)c[nH]3)ccn2)CC1. The number of benzene rings is 1. The molecule has 4 rings (SSSR count). The molecule has 0 spiro atoms. The fraction of sp³-hybridized carbons (Fsp3) is 0.261. The van der Waals surface area contributed by atoms with Crippen LogP contribution in [0.4, 0.5) is 10.2 Å². The van der Waals surface area contributed by atoms with Crippen molar-refractivity contribution in [2.75, 3.05) is 38.1 Å². The molecule has 0 unspecified atom stereocenters. The molecule has 0 aliphatic carbocycles. The van der Waals surface area contributed by atoms with E-state index in [4.69, 9.17) is 23.2 Å². The third kappa shape index (κ3) is 4.70. The van der Waals surface area contributed by atoms with Crippen LogP contribution in [0.3, 0.4) is 0 Å². The van der Waals surface area contributed by atoms with Gasteiger partial charge in [-0.2, -0.15) is 0 Å². The first-order valence-electron chi connectivity index (χ1n) is 10.1. The van der Waals surface area contributed by atoms with E-state index in [0.29, 0.717) is 0 Å². The number of halogens is 3. The summed E-state index contributed by atoms with van der Waals surface area (Å²) in [5.74, 6) is -0.882. The Morgan fingerprint density at radius 1 is 1.09 bits per heavy atom. The molecule has 0 saturated carbocycles. The molecular formula is C23H21Cl2FN4O2. The quantitative estimate of drug-likeness (QED) is 0.426. The maximum atomic E-state index is 14.3. The molecule has 6 nitrogen and oxygen atoms in total. The summed E-state index contributed by atoms with van der Waals surface area (Å²) >= 11 is 11.8. The van der Waals surface area contributed by atoms with Crippen molar-refractivity contribution >= 4 is 40.6 Å². The first kappa shape index (κ1) is 22.5. The average molecular weight is 475 g/mol. The fourth-order valence-corrected chi connectivity index (χ4v) is 4.01. The van der Waals surface area contributed by atoms with Gasteiger partial charge in [0.1, 0.15) is 5.82 Å². The standard InChI is InChI=1S/C23H21Cl2FN4O2/c1-29-6-8-30(9-7-29)20-11-14(4-5-27-20)10-19(31)18-12-15(13-28-18)23(32)21-16(24)2-3-17(25)22(21)26/h2-5,11-13,28H,6-10H2,1H3. The normalized spacial score (nSPS) is 14.6. The van der Waals surface area contributed by atoms with E-state index in [9.17, 15) is 14.0 Å². The number of aromatic amines is 1. The van der Waals surface area contributed by atoms with Gasteiger partial charge in [-0.25, -0.2) is 9.37 Å². The molecule has 32 heavy (non-hydrogen) atoms. The molecule has 1 aromatic carbocycles. The van der Waals surface area contributed by atoms with Gasteiger partial charge >= 0.3 is 0 Å². The monoisotopic (exact) mass is 474 g/mol. The molecule has 9 heteroatoms. The molecule has 3 aromatic rings.